The van der Waals surface area contributed by atoms with Crippen molar-refractivity contribution in [1.29, 1.82) is 0 Å². The molecule has 7 atom stereocenters. The van der Waals surface area contributed by atoms with E-state index in [0.29, 0.717) is 17.8 Å². The van der Waals surface area contributed by atoms with Crippen LogP contribution in [0.5, 0.6) is 0 Å². The Hall–Kier alpha value is -0.120. The molecule has 3 heteroatoms. The molecule has 4 rings (SSSR count). The van der Waals surface area contributed by atoms with Crippen LogP contribution in [0.25, 0.3) is 0 Å². The predicted molar refractivity (Wildman–Crippen MR) is 68.8 cm³/mol. The number of hydrogen-bond donors (Lipinski definition) is 3. The molecule has 104 valence electrons. The van der Waals surface area contributed by atoms with Gasteiger partial charge in [0.1, 0.15) is 6.10 Å². The van der Waals surface area contributed by atoms with Gasteiger partial charge in [-0.25, -0.2) is 0 Å². The normalized spacial score (nSPS) is 52.5. The third kappa shape index (κ3) is 1.31. The molecule has 0 aliphatic heterocycles. The Morgan fingerprint density at radius 2 is 1.67 bits per heavy atom. The summed E-state index contributed by atoms with van der Waals surface area (Å²) in [6.07, 6.45) is 1.35. The predicted octanol–water partition coefficient (Wildman–Crippen LogP) is 1.55. The molecule has 4 saturated carbocycles. The van der Waals surface area contributed by atoms with Crippen molar-refractivity contribution in [3.8, 4) is 0 Å². The van der Waals surface area contributed by atoms with Crippen molar-refractivity contribution >= 4 is 0 Å². The molecule has 0 aromatic rings. The van der Waals surface area contributed by atoms with Crippen molar-refractivity contribution in [2.75, 3.05) is 0 Å². The standard InChI is InChI=1S/C15H26O3/c1-13(2,18)12(17)11(16)7-14(3)8-5-9-10(6-8)15(9,14)4/h8-12,16-18H,5-7H2,1-4H3/t8?,9-,10+,11-,12-,14+,15?/m1/s1. The summed E-state index contributed by atoms with van der Waals surface area (Å²) in [7, 11) is 0. The topological polar surface area (TPSA) is 60.7 Å². The second-order valence-electron chi connectivity index (χ2n) is 7.95. The van der Waals surface area contributed by atoms with E-state index < -0.39 is 17.8 Å². The Labute approximate surface area is 109 Å². The molecule has 4 aliphatic rings. The molecule has 2 unspecified atom stereocenters. The maximum Gasteiger partial charge on any atom is 0.108 e. The van der Waals surface area contributed by atoms with E-state index in [-0.39, 0.29) is 5.41 Å². The van der Waals surface area contributed by atoms with E-state index in [2.05, 4.69) is 13.8 Å². The summed E-state index contributed by atoms with van der Waals surface area (Å²) in [4.78, 5) is 0. The van der Waals surface area contributed by atoms with Gasteiger partial charge in [-0.05, 0) is 61.7 Å². The SMILES string of the molecule is CC(C)(O)[C@H](O)[C@H](O)C[C@@]1(C)C2C[C@@H]3[C@H](C2)C31C. The van der Waals surface area contributed by atoms with Crippen molar-refractivity contribution in [2.45, 2.75) is 64.8 Å². The maximum atomic E-state index is 10.3. The highest BCUT2D eigenvalue weighted by atomic mass is 16.4. The zero-order valence-corrected chi connectivity index (χ0v) is 11.8. The van der Waals surface area contributed by atoms with E-state index in [0.717, 1.165) is 11.8 Å². The van der Waals surface area contributed by atoms with Crippen LogP contribution in [0.2, 0.25) is 0 Å². The Morgan fingerprint density at radius 1 is 1.17 bits per heavy atom. The minimum absolute atomic E-state index is 0.147. The van der Waals surface area contributed by atoms with Gasteiger partial charge in [-0.15, -0.1) is 0 Å². The smallest absolute Gasteiger partial charge is 0.108 e. The third-order valence-corrected chi connectivity index (χ3v) is 6.85. The summed E-state index contributed by atoms with van der Waals surface area (Å²) in [5.41, 5.74) is -0.701. The van der Waals surface area contributed by atoms with E-state index in [4.69, 9.17) is 0 Å². The van der Waals surface area contributed by atoms with Gasteiger partial charge in [0.25, 0.3) is 0 Å². The first-order chi connectivity index (χ1) is 8.12. The van der Waals surface area contributed by atoms with Crippen molar-refractivity contribution < 1.29 is 15.3 Å². The highest BCUT2D eigenvalue weighted by Gasteiger charge is 2.81. The van der Waals surface area contributed by atoms with Crippen LogP contribution in [0, 0.1) is 28.6 Å². The molecule has 3 nitrogen and oxygen atoms in total. The van der Waals surface area contributed by atoms with Crippen LogP contribution in [-0.4, -0.2) is 33.1 Å². The molecular formula is C15H26O3. The summed E-state index contributed by atoms with van der Waals surface area (Å²) >= 11 is 0. The minimum Gasteiger partial charge on any atom is -0.390 e. The molecule has 0 spiro atoms. The van der Waals surface area contributed by atoms with Crippen LogP contribution in [0.15, 0.2) is 0 Å². The highest BCUT2D eigenvalue weighted by molar-refractivity contribution is 5.29. The van der Waals surface area contributed by atoms with Gasteiger partial charge in [0, 0.05) is 0 Å². The lowest BCUT2D eigenvalue weighted by Gasteiger charge is -2.39. The molecule has 0 aromatic heterocycles. The Bertz CT molecular complexity index is 360. The lowest BCUT2D eigenvalue weighted by Crippen LogP contribution is -2.47. The van der Waals surface area contributed by atoms with Gasteiger partial charge in [-0.2, -0.15) is 0 Å². The average molecular weight is 254 g/mol. The van der Waals surface area contributed by atoms with Crippen LogP contribution in [-0.2, 0) is 0 Å². The zero-order chi connectivity index (χ0) is 13.5. The van der Waals surface area contributed by atoms with Gasteiger partial charge in [-0.3, -0.25) is 0 Å². The molecule has 3 N–H and O–H groups in total. The van der Waals surface area contributed by atoms with Crippen LogP contribution < -0.4 is 0 Å². The third-order valence-electron chi connectivity index (χ3n) is 6.85. The lowest BCUT2D eigenvalue weighted by atomic mass is 9.69. The molecule has 0 radical (unpaired) electrons. The fourth-order valence-electron chi connectivity index (χ4n) is 5.44. The van der Waals surface area contributed by atoms with Gasteiger partial charge < -0.3 is 15.3 Å². The number of aliphatic hydroxyl groups excluding tert-OH is 2. The van der Waals surface area contributed by atoms with Gasteiger partial charge in [0.05, 0.1) is 11.7 Å². The Kier molecular flexibility index (Phi) is 2.37. The van der Waals surface area contributed by atoms with E-state index >= 15 is 0 Å². The molecule has 18 heavy (non-hydrogen) atoms. The highest BCUT2D eigenvalue weighted by Crippen LogP contribution is 2.87. The zero-order valence-electron chi connectivity index (χ0n) is 11.8. The van der Waals surface area contributed by atoms with E-state index in [1.54, 1.807) is 13.8 Å². The largest absolute Gasteiger partial charge is 0.390 e. The van der Waals surface area contributed by atoms with Crippen LogP contribution >= 0.6 is 0 Å². The first-order valence-electron chi connectivity index (χ1n) is 7.21. The van der Waals surface area contributed by atoms with Crippen molar-refractivity contribution in [2.24, 2.45) is 28.6 Å². The van der Waals surface area contributed by atoms with Gasteiger partial charge >= 0.3 is 0 Å². The summed E-state index contributed by atoms with van der Waals surface area (Å²) < 4.78 is 0. The summed E-state index contributed by atoms with van der Waals surface area (Å²) in [6, 6.07) is 0. The van der Waals surface area contributed by atoms with Crippen LogP contribution in [0.1, 0.15) is 47.0 Å². The average Bonchev–Trinajstić information content (AvgIpc) is 2.62. The van der Waals surface area contributed by atoms with Gasteiger partial charge in [0.15, 0.2) is 0 Å². The molecular weight excluding hydrogens is 228 g/mol. The van der Waals surface area contributed by atoms with Crippen molar-refractivity contribution in [1.82, 2.24) is 0 Å². The van der Waals surface area contributed by atoms with Crippen LogP contribution in [0.3, 0.4) is 0 Å². The molecule has 0 aromatic carbocycles. The Balaban J connectivity index is 1.74. The number of rotatable bonds is 4. The lowest BCUT2D eigenvalue weighted by molar-refractivity contribution is -0.120. The van der Waals surface area contributed by atoms with Crippen LogP contribution in [0.4, 0.5) is 0 Å². The van der Waals surface area contributed by atoms with Gasteiger partial charge in [-0.1, -0.05) is 13.8 Å². The molecule has 4 aliphatic carbocycles. The molecule has 0 saturated heterocycles. The summed E-state index contributed by atoms with van der Waals surface area (Å²) in [5.74, 6) is 2.43. The summed E-state index contributed by atoms with van der Waals surface area (Å²) in [6.45, 7) is 7.75. The van der Waals surface area contributed by atoms with E-state index in [9.17, 15) is 15.3 Å². The summed E-state index contributed by atoms with van der Waals surface area (Å²) in [5, 5.41) is 30.1. The van der Waals surface area contributed by atoms with Gasteiger partial charge in [0.2, 0.25) is 0 Å². The molecule has 4 bridgehead atoms. The molecule has 0 heterocycles. The first kappa shape index (κ1) is 12.9. The fraction of sp³-hybridized carbons (Fsp3) is 1.00. The maximum absolute atomic E-state index is 10.3. The second kappa shape index (κ2) is 3.31. The monoisotopic (exact) mass is 254 g/mol. The van der Waals surface area contributed by atoms with E-state index in [1.807, 2.05) is 0 Å². The molecule has 4 fully saturated rings. The van der Waals surface area contributed by atoms with Crippen molar-refractivity contribution in [3.63, 3.8) is 0 Å². The molecule has 0 amide bonds. The quantitative estimate of drug-likeness (QED) is 0.713. The fourth-order valence-corrected chi connectivity index (χ4v) is 5.44. The minimum atomic E-state index is -1.23. The Morgan fingerprint density at radius 3 is 2.00 bits per heavy atom. The first-order valence-corrected chi connectivity index (χ1v) is 7.21. The second-order valence-corrected chi connectivity index (χ2v) is 7.95. The number of aliphatic hydroxyl groups is 3. The number of hydrogen-bond acceptors (Lipinski definition) is 3. The van der Waals surface area contributed by atoms with E-state index in [1.165, 1.54) is 12.8 Å². The van der Waals surface area contributed by atoms with Crippen molar-refractivity contribution in [3.05, 3.63) is 0 Å².